The van der Waals surface area contributed by atoms with Crippen molar-refractivity contribution >= 4 is 22.5 Å². The highest BCUT2D eigenvalue weighted by Gasteiger charge is 2.19. The second-order valence-electron chi connectivity index (χ2n) is 5.57. The van der Waals surface area contributed by atoms with Crippen molar-refractivity contribution in [3.8, 4) is 5.75 Å². The number of ether oxygens (including phenoxy) is 1. The van der Waals surface area contributed by atoms with Gasteiger partial charge in [-0.1, -0.05) is 0 Å². The van der Waals surface area contributed by atoms with Gasteiger partial charge in [-0.05, 0) is 86.4 Å². The molecule has 0 saturated heterocycles. The van der Waals surface area contributed by atoms with E-state index in [-0.39, 0.29) is 0 Å². The Labute approximate surface area is 126 Å². The number of hydrogen-bond acceptors (Lipinski definition) is 2. The van der Waals surface area contributed by atoms with Crippen LogP contribution < -0.4 is 4.74 Å². The standard InChI is InChI=1S/C18H24OS/c1-9-10(2)12(4)16-14(6)18(20-8)17(19-7)13(5)15(16)11(9)3/h1-8H3. The largest absolute Gasteiger partial charge is 0.495 e. The van der Waals surface area contributed by atoms with Crippen molar-refractivity contribution in [2.24, 2.45) is 0 Å². The predicted octanol–water partition coefficient (Wildman–Crippen LogP) is 5.42. The van der Waals surface area contributed by atoms with Crippen molar-refractivity contribution in [1.29, 1.82) is 0 Å². The lowest BCUT2D eigenvalue weighted by Crippen LogP contribution is -2.01. The predicted molar refractivity (Wildman–Crippen MR) is 90.7 cm³/mol. The molecule has 0 aliphatic rings. The lowest BCUT2D eigenvalue weighted by molar-refractivity contribution is 0.402. The van der Waals surface area contributed by atoms with Gasteiger partial charge in [0, 0.05) is 5.56 Å². The monoisotopic (exact) mass is 288 g/mol. The van der Waals surface area contributed by atoms with Crippen molar-refractivity contribution < 1.29 is 4.74 Å². The molecule has 0 heterocycles. The molecule has 0 atom stereocenters. The number of thioether (sulfide) groups is 1. The third kappa shape index (κ3) is 1.93. The van der Waals surface area contributed by atoms with E-state index in [1.54, 1.807) is 18.9 Å². The molecule has 108 valence electrons. The van der Waals surface area contributed by atoms with Crippen molar-refractivity contribution in [3.63, 3.8) is 0 Å². The van der Waals surface area contributed by atoms with Crippen LogP contribution in [-0.2, 0) is 0 Å². The molecule has 2 aromatic carbocycles. The van der Waals surface area contributed by atoms with Gasteiger partial charge >= 0.3 is 0 Å². The first-order valence-electron chi connectivity index (χ1n) is 6.97. The van der Waals surface area contributed by atoms with Gasteiger partial charge in [-0.25, -0.2) is 0 Å². The van der Waals surface area contributed by atoms with E-state index in [0.717, 1.165) is 5.75 Å². The van der Waals surface area contributed by atoms with Gasteiger partial charge in [-0.3, -0.25) is 0 Å². The van der Waals surface area contributed by atoms with Crippen LogP contribution in [0, 0.1) is 41.5 Å². The van der Waals surface area contributed by atoms with Crippen molar-refractivity contribution in [2.75, 3.05) is 13.4 Å². The van der Waals surface area contributed by atoms with Crippen LogP contribution in [0.15, 0.2) is 4.90 Å². The van der Waals surface area contributed by atoms with E-state index in [4.69, 9.17) is 4.74 Å². The fraction of sp³-hybridized carbons (Fsp3) is 0.444. The molecule has 0 spiro atoms. The molecule has 1 nitrogen and oxygen atoms in total. The highest BCUT2D eigenvalue weighted by molar-refractivity contribution is 7.98. The van der Waals surface area contributed by atoms with Crippen molar-refractivity contribution in [3.05, 3.63) is 33.4 Å². The maximum absolute atomic E-state index is 5.70. The zero-order valence-corrected chi connectivity index (χ0v) is 14.6. The second kappa shape index (κ2) is 5.33. The Bertz CT molecular complexity index is 639. The molecule has 0 aliphatic heterocycles. The zero-order valence-electron chi connectivity index (χ0n) is 13.8. The maximum Gasteiger partial charge on any atom is 0.136 e. The first-order chi connectivity index (χ1) is 9.36. The molecule has 0 fully saturated rings. The number of rotatable bonds is 2. The number of fused-ring (bicyclic) bond motifs is 1. The summed E-state index contributed by atoms with van der Waals surface area (Å²) < 4.78 is 5.70. The van der Waals surface area contributed by atoms with E-state index in [2.05, 4.69) is 47.8 Å². The molecular weight excluding hydrogens is 264 g/mol. The number of benzene rings is 2. The summed E-state index contributed by atoms with van der Waals surface area (Å²) in [5.41, 5.74) is 8.21. The molecule has 2 rings (SSSR count). The molecule has 2 aromatic rings. The summed E-state index contributed by atoms with van der Waals surface area (Å²) in [5.74, 6) is 1.04. The Morgan fingerprint density at radius 2 is 1.10 bits per heavy atom. The third-order valence-electron chi connectivity index (χ3n) is 4.73. The third-order valence-corrected chi connectivity index (χ3v) is 5.63. The van der Waals surface area contributed by atoms with Crippen LogP contribution in [0.25, 0.3) is 10.8 Å². The fourth-order valence-corrected chi connectivity index (χ4v) is 4.14. The molecule has 0 unspecified atom stereocenters. The average molecular weight is 288 g/mol. The van der Waals surface area contributed by atoms with Gasteiger partial charge in [-0.15, -0.1) is 11.8 Å². The summed E-state index contributed by atoms with van der Waals surface area (Å²) in [6, 6.07) is 0. The molecule has 0 N–H and O–H groups in total. The second-order valence-corrected chi connectivity index (χ2v) is 6.38. The maximum atomic E-state index is 5.70. The van der Waals surface area contributed by atoms with Crippen LogP contribution >= 0.6 is 11.8 Å². The summed E-state index contributed by atoms with van der Waals surface area (Å²) in [7, 11) is 1.77. The average Bonchev–Trinajstić information content (AvgIpc) is 2.43. The molecule has 0 bridgehead atoms. The summed E-state index contributed by atoms with van der Waals surface area (Å²) in [6.45, 7) is 13.3. The van der Waals surface area contributed by atoms with E-state index < -0.39 is 0 Å². The lowest BCUT2D eigenvalue weighted by Gasteiger charge is -2.22. The number of hydrogen-bond donors (Lipinski definition) is 0. The minimum absolute atomic E-state index is 1.04. The van der Waals surface area contributed by atoms with Crippen molar-refractivity contribution in [1.82, 2.24) is 0 Å². The quantitative estimate of drug-likeness (QED) is 0.682. The Morgan fingerprint density at radius 1 is 0.650 bits per heavy atom. The van der Waals surface area contributed by atoms with E-state index in [0.29, 0.717) is 0 Å². The van der Waals surface area contributed by atoms with Crippen LogP contribution in [0.4, 0.5) is 0 Å². The van der Waals surface area contributed by atoms with Crippen molar-refractivity contribution in [2.45, 2.75) is 46.4 Å². The van der Waals surface area contributed by atoms with Crippen LogP contribution in [0.1, 0.15) is 33.4 Å². The Kier molecular flexibility index (Phi) is 4.06. The van der Waals surface area contributed by atoms with Gasteiger partial charge in [-0.2, -0.15) is 0 Å². The van der Waals surface area contributed by atoms with Gasteiger partial charge in [0.25, 0.3) is 0 Å². The molecular formula is C18H24OS. The van der Waals surface area contributed by atoms with E-state index in [1.165, 1.54) is 49.0 Å². The van der Waals surface area contributed by atoms with Crippen LogP contribution in [-0.4, -0.2) is 13.4 Å². The molecule has 0 aromatic heterocycles. The molecule has 2 heteroatoms. The van der Waals surface area contributed by atoms with E-state index >= 15 is 0 Å². The zero-order chi connectivity index (χ0) is 15.2. The number of aryl methyl sites for hydroxylation is 4. The highest BCUT2D eigenvalue weighted by Crippen LogP contribution is 2.43. The van der Waals surface area contributed by atoms with Crippen LogP contribution in [0.5, 0.6) is 5.75 Å². The van der Waals surface area contributed by atoms with Gasteiger partial charge in [0.1, 0.15) is 5.75 Å². The van der Waals surface area contributed by atoms with Gasteiger partial charge in [0.05, 0.1) is 12.0 Å². The summed E-state index contributed by atoms with van der Waals surface area (Å²) in [5, 5.41) is 2.78. The first kappa shape index (κ1) is 15.2. The highest BCUT2D eigenvalue weighted by atomic mass is 32.2. The van der Waals surface area contributed by atoms with Gasteiger partial charge in [0.2, 0.25) is 0 Å². The molecule has 0 amide bonds. The Balaban J connectivity index is 3.16. The van der Waals surface area contributed by atoms with Crippen LogP contribution in [0.3, 0.4) is 0 Å². The summed E-state index contributed by atoms with van der Waals surface area (Å²) in [4.78, 5) is 1.27. The fourth-order valence-electron chi connectivity index (χ4n) is 3.31. The van der Waals surface area contributed by atoms with Crippen LogP contribution in [0.2, 0.25) is 0 Å². The molecule has 0 saturated carbocycles. The topological polar surface area (TPSA) is 9.23 Å². The SMILES string of the molecule is COc1c(SC)c(C)c2c(C)c(C)c(C)c(C)c2c1C. The molecule has 0 radical (unpaired) electrons. The Hall–Kier alpha value is -1.15. The normalized spacial score (nSPS) is 11.2. The lowest BCUT2D eigenvalue weighted by atomic mass is 9.87. The van der Waals surface area contributed by atoms with E-state index in [1.807, 2.05) is 0 Å². The van der Waals surface area contributed by atoms with E-state index in [9.17, 15) is 0 Å². The minimum Gasteiger partial charge on any atom is -0.495 e. The molecule has 0 aliphatic carbocycles. The molecule has 20 heavy (non-hydrogen) atoms. The smallest absolute Gasteiger partial charge is 0.136 e. The summed E-state index contributed by atoms with van der Waals surface area (Å²) >= 11 is 1.78. The Morgan fingerprint density at radius 3 is 1.50 bits per heavy atom. The summed E-state index contributed by atoms with van der Waals surface area (Å²) in [6.07, 6.45) is 2.12. The van der Waals surface area contributed by atoms with Gasteiger partial charge in [0.15, 0.2) is 0 Å². The van der Waals surface area contributed by atoms with Gasteiger partial charge < -0.3 is 4.74 Å². The number of methoxy groups -OCH3 is 1. The minimum atomic E-state index is 1.04. The first-order valence-corrected chi connectivity index (χ1v) is 8.20.